The molecule has 0 saturated heterocycles. The van der Waals surface area contributed by atoms with Gasteiger partial charge in [0, 0.05) is 48.5 Å². The topological polar surface area (TPSA) is 78.4 Å². The summed E-state index contributed by atoms with van der Waals surface area (Å²) in [4.78, 5) is 20.9. The summed E-state index contributed by atoms with van der Waals surface area (Å²) in [6, 6.07) is 11.3. The van der Waals surface area contributed by atoms with Crippen molar-refractivity contribution in [2.24, 2.45) is 4.99 Å². The predicted octanol–water partition coefficient (Wildman–Crippen LogP) is 3.17. The largest absolute Gasteiger partial charge is 0.357 e. The Labute approximate surface area is 165 Å². The van der Waals surface area contributed by atoms with Gasteiger partial charge in [0.05, 0.1) is 6.54 Å². The van der Waals surface area contributed by atoms with Crippen LogP contribution in [0.4, 0.5) is 5.69 Å². The number of aromatic nitrogens is 1. The second kappa shape index (κ2) is 11.2. The van der Waals surface area contributed by atoms with Crippen LogP contribution in [0.25, 0.3) is 0 Å². The van der Waals surface area contributed by atoms with Crippen molar-refractivity contribution in [3.63, 3.8) is 0 Å². The number of guanidine groups is 1. The first kappa shape index (κ1) is 20.7. The minimum Gasteiger partial charge on any atom is -0.357 e. The Morgan fingerprint density at radius 3 is 2.78 bits per heavy atom. The summed E-state index contributed by atoms with van der Waals surface area (Å²) in [5, 5.41) is 9.95. The maximum absolute atomic E-state index is 12.1. The second-order valence-electron chi connectivity index (χ2n) is 5.97. The Bertz CT molecular complexity index is 764. The van der Waals surface area contributed by atoms with Gasteiger partial charge in [-0.1, -0.05) is 23.7 Å². The number of aliphatic imine (C=N–C) groups is 1. The lowest BCUT2D eigenvalue weighted by atomic mass is 10.2. The van der Waals surface area contributed by atoms with E-state index in [1.165, 1.54) is 0 Å². The van der Waals surface area contributed by atoms with Crippen LogP contribution in [-0.4, -0.2) is 36.5 Å². The van der Waals surface area contributed by atoms with Gasteiger partial charge in [0.2, 0.25) is 5.91 Å². The molecule has 27 heavy (non-hydrogen) atoms. The molecule has 1 heterocycles. The Morgan fingerprint density at radius 1 is 1.19 bits per heavy atom. The van der Waals surface area contributed by atoms with Crippen molar-refractivity contribution in [3.05, 3.63) is 58.9 Å². The van der Waals surface area contributed by atoms with Gasteiger partial charge < -0.3 is 16.0 Å². The second-order valence-corrected chi connectivity index (χ2v) is 6.38. The zero-order valence-corrected chi connectivity index (χ0v) is 16.5. The van der Waals surface area contributed by atoms with Crippen molar-refractivity contribution >= 4 is 29.2 Å². The number of hydrogen-bond donors (Lipinski definition) is 3. The number of benzene rings is 1. The summed E-state index contributed by atoms with van der Waals surface area (Å²) in [6.07, 6.45) is 2.89. The van der Waals surface area contributed by atoms with Crippen molar-refractivity contribution in [3.8, 4) is 0 Å². The number of nitrogens with one attached hydrogen (secondary N) is 3. The molecule has 3 N–H and O–H groups in total. The molecular weight excluding hydrogens is 362 g/mol. The van der Waals surface area contributed by atoms with Crippen LogP contribution < -0.4 is 16.0 Å². The lowest BCUT2D eigenvalue weighted by Crippen LogP contribution is -2.38. The van der Waals surface area contributed by atoms with Crippen LogP contribution in [0.5, 0.6) is 0 Å². The molecule has 0 saturated carbocycles. The highest BCUT2D eigenvalue weighted by molar-refractivity contribution is 6.31. The standard InChI is InChI=1S/C20H26ClN5O/c1-3-22-20(24-13-10-16-7-4-5-12-23-16)25-14-11-19(27)26-18-9-6-8-17(21)15(18)2/h4-9,12H,3,10-11,13-14H2,1-2H3,(H,26,27)(H2,22,24,25). The zero-order chi connectivity index (χ0) is 19.5. The number of hydrogen-bond acceptors (Lipinski definition) is 3. The first-order chi connectivity index (χ1) is 13.1. The van der Waals surface area contributed by atoms with Crippen molar-refractivity contribution in [1.29, 1.82) is 0 Å². The summed E-state index contributed by atoms with van der Waals surface area (Å²) in [5.74, 6) is 0.605. The van der Waals surface area contributed by atoms with Crippen LogP contribution in [-0.2, 0) is 11.2 Å². The highest BCUT2D eigenvalue weighted by Gasteiger charge is 2.07. The Kier molecular flexibility index (Phi) is 8.58. The maximum Gasteiger partial charge on any atom is 0.226 e. The van der Waals surface area contributed by atoms with E-state index in [1.807, 2.05) is 44.2 Å². The van der Waals surface area contributed by atoms with E-state index >= 15 is 0 Å². The van der Waals surface area contributed by atoms with E-state index in [0.29, 0.717) is 23.9 Å². The summed E-state index contributed by atoms with van der Waals surface area (Å²) >= 11 is 6.08. The maximum atomic E-state index is 12.1. The Hall–Kier alpha value is -2.60. The van der Waals surface area contributed by atoms with Gasteiger partial charge in [-0.25, -0.2) is 0 Å². The molecule has 0 fully saturated rings. The zero-order valence-electron chi connectivity index (χ0n) is 15.8. The molecule has 2 aromatic rings. The molecule has 0 atom stereocenters. The highest BCUT2D eigenvalue weighted by Crippen LogP contribution is 2.22. The smallest absolute Gasteiger partial charge is 0.226 e. The molecule has 0 aliphatic carbocycles. The normalized spacial score (nSPS) is 11.1. The van der Waals surface area contributed by atoms with E-state index in [2.05, 4.69) is 25.9 Å². The summed E-state index contributed by atoms with van der Waals surface area (Å²) in [5.41, 5.74) is 2.62. The molecule has 2 rings (SSSR count). The third kappa shape index (κ3) is 7.27. The SMILES string of the molecule is CCNC(=NCCC(=O)Nc1cccc(Cl)c1C)NCCc1ccccn1. The minimum absolute atomic E-state index is 0.0894. The molecule has 1 aromatic carbocycles. The van der Waals surface area contributed by atoms with E-state index in [0.717, 1.165) is 36.5 Å². The van der Waals surface area contributed by atoms with E-state index in [-0.39, 0.29) is 5.91 Å². The molecule has 0 bridgehead atoms. The van der Waals surface area contributed by atoms with E-state index in [4.69, 9.17) is 11.6 Å². The van der Waals surface area contributed by atoms with Crippen LogP contribution in [0.2, 0.25) is 5.02 Å². The van der Waals surface area contributed by atoms with Crippen LogP contribution in [0.15, 0.2) is 47.6 Å². The van der Waals surface area contributed by atoms with Gasteiger partial charge in [0.25, 0.3) is 0 Å². The summed E-state index contributed by atoms with van der Waals surface area (Å²) in [6.45, 7) is 5.75. The van der Waals surface area contributed by atoms with Crippen LogP contribution in [0.1, 0.15) is 24.6 Å². The molecule has 144 valence electrons. The van der Waals surface area contributed by atoms with Gasteiger partial charge in [0.15, 0.2) is 5.96 Å². The van der Waals surface area contributed by atoms with Crippen molar-refractivity contribution in [1.82, 2.24) is 15.6 Å². The number of amides is 1. The Balaban J connectivity index is 1.79. The van der Waals surface area contributed by atoms with E-state index in [9.17, 15) is 4.79 Å². The van der Waals surface area contributed by atoms with Gasteiger partial charge >= 0.3 is 0 Å². The number of halogens is 1. The molecule has 0 spiro atoms. The fraction of sp³-hybridized carbons (Fsp3) is 0.350. The lowest BCUT2D eigenvalue weighted by Gasteiger charge is -2.11. The number of carbonyl (C=O) groups is 1. The molecule has 0 radical (unpaired) electrons. The first-order valence-corrected chi connectivity index (χ1v) is 9.45. The molecule has 6 nitrogen and oxygen atoms in total. The van der Waals surface area contributed by atoms with Crippen LogP contribution >= 0.6 is 11.6 Å². The summed E-state index contributed by atoms with van der Waals surface area (Å²) < 4.78 is 0. The molecule has 0 unspecified atom stereocenters. The number of rotatable bonds is 8. The average Bonchev–Trinajstić information content (AvgIpc) is 2.66. The molecule has 0 aliphatic rings. The molecular formula is C20H26ClN5O. The summed E-state index contributed by atoms with van der Waals surface area (Å²) in [7, 11) is 0. The van der Waals surface area contributed by atoms with Crippen LogP contribution in [0.3, 0.4) is 0 Å². The third-order valence-electron chi connectivity index (χ3n) is 3.89. The van der Waals surface area contributed by atoms with E-state index in [1.54, 1.807) is 12.3 Å². The van der Waals surface area contributed by atoms with Crippen molar-refractivity contribution < 1.29 is 4.79 Å². The number of anilines is 1. The monoisotopic (exact) mass is 387 g/mol. The molecule has 1 aromatic heterocycles. The quantitative estimate of drug-likeness (QED) is 0.480. The number of pyridine rings is 1. The lowest BCUT2D eigenvalue weighted by molar-refractivity contribution is -0.116. The fourth-order valence-electron chi connectivity index (χ4n) is 2.42. The predicted molar refractivity (Wildman–Crippen MR) is 111 cm³/mol. The van der Waals surface area contributed by atoms with Crippen molar-refractivity contribution in [2.75, 3.05) is 25.0 Å². The van der Waals surface area contributed by atoms with Gasteiger partial charge in [-0.15, -0.1) is 0 Å². The average molecular weight is 388 g/mol. The van der Waals surface area contributed by atoms with Gasteiger partial charge in [0.1, 0.15) is 0 Å². The highest BCUT2D eigenvalue weighted by atomic mass is 35.5. The molecule has 1 amide bonds. The number of carbonyl (C=O) groups excluding carboxylic acids is 1. The van der Waals surface area contributed by atoms with Gasteiger partial charge in [-0.3, -0.25) is 14.8 Å². The van der Waals surface area contributed by atoms with Crippen molar-refractivity contribution in [2.45, 2.75) is 26.7 Å². The van der Waals surface area contributed by atoms with E-state index < -0.39 is 0 Å². The molecule has 0 aliphatic heterocycles. The first-order valence-electron chi connectivity index (χ1n) is 9.07. The molecule has 7 heteroatoms. The minimum atomic E-state index is -0.0894. The van der Waals surface area contributed by atoms with Gasteiger partial charge in [-0.2, -0.15) is 0 Å². The van der Waals surface area contributed by atoms with Crippen LogP contribution in [0, 0.1) is 6.92 Å². The Morgan fingerprint density at radius 2 is 2.04 bits per heavy atom. The number of nitrogens with zero attached hydrogens (tertiary/aromatic N) is 2. The van der Waals surface area contributed by atoms with Gasteiger partial charge in [-0.05, 0) is 43.7 Å². The third-order valence-corrected chi connectivity index (χ3v) is 4.30. The fourth-order valence-corrected chi connectivity index (χ4v) is 2.60.